The highest BCUT2D eigenvalue weighted by Gasteiger charge is 2.43. The van der Waals surface area contributed by atoms with Crippen LogP contribution in [0.15, 0.2) is 42.7 Å². The van der Waals surface area contributed by atoms with Crippen LogP contribution in [0.2, 0.25) is 0 Å². The molecular formula is C20H26N4O2. The van der Waals surface area contributed by atoms with Crippen LogP contribution in [0.25, 0.3) is 0 Å². The summed E-state index contributed by atoms with van der Waals surface area (Å²) in [6.07, 6.45) is 6.14. The molecule has 2 atom stereocenters. The van der Waals surface area contributed by atoms with E-state index >= 15 is 0 Å². The Morgan fingerprint density at radius 3 is 3.00 bits per heavy atom. The summed E-state index contributed by atoms with van der Waals surface area (Å²) in [6, 6.07) is 10.7. The molecule has 0 bridgehead atoms. The van der Waals surface area contributed by atoms with Gasteiger partial charge in [-0.05, 0) is 24.8 Å². The van der Waals surface area contributed by atoms with Gasteiger partial charge < -0.3 is 10.1 Å². The molecule has 1 aromatic heterocycles. The van der Waals surface area contributed by atoms with Crippen LogP contribution in [0.1, 0.15) is 35.2 Å². The zero-order chi connectivity index (χ0) is 18.0. The fourth-order valence-corrected chi connectivity index (χ4v) is 4.15. The van der Waals surface area contributed by atoms with E-state index < -0.39 is 0 Å². The Hall–Kier alpha value is -2.18. The van der Waals surface area contributed by atoms with Gasteiger partial charge in [0, 0.05) is 45.5 Å². The van der Waals surface area contributed by atoms with Crippen molar-refractivity contribution in [1.82, 2.24) is 20.0 Å². The van der Waals surface area contributed by atoms with Crippen molar-refractivity contribution in [3.63, 3.8) is 0 Å². The van der Waals surface area contributed by atoms with E-state index in [0.717, 1.165) is 38.9 Å². The summed E-state index contributed by atoms with van der Waals surface area (Å²) in [6.45, 7) is 3.63. The van der Waals surface area contributed by atoms with Crippen LogP contribution in [0.5, 0.6) is 0 Å². The molecule has 2 aliphatic rings. The highest BCUT2D eigenvalue weighted by molar-refractivity contribution is 5.93. The number of carbonyl (C=O) groups is 1. The lowest BCUT2D eigenvalue weighted by atomic mass is 9.89. The molecule has 2 saturated heterocycles. The summed E-state index contributed by atoms with van der Waals surface area (Å²) in [5, 5.41) is 7.25. The van der Waals surface area contributed by atoms with Crippen LogP contribution in [0, 0.1) is 0 Å². The predicted molar refractivity (Wildman–Crippen MR) is 98.7 cm³/mol. The van der Waals surface area contributed by atoms with Gasteiger partial charge in [0.25, 0.3) is 5.91 Å². The van der Waals surface area contributed by atoms with E-state index in [2.05, 4.69) is 45.6 Å². The first-order chi connectivity index (χ1) is 12.6. The van der Waals surface area contributed by atoms with E-state index in [1.165, 1.54) is 5.56 Å². The Labute approximate surface area is 154 Å². The maximum atomic E-state index is 12.4. The van der Waals surface area contributed by atoms with Crippen LogP contribution in [-0.4, -0.2) is 51.9 Å². The van der Waals surface area contributed by atoms with Crippen LogP contribution < -0.4 is 5.32 Å². The molecule has 138 valence electrons. The maximum absolute atomic E-state index is 12.4. The van der Waals surface area contributed by atoms with Gasteiger partial charge in [-0.1, -0.05) is 30.3 Å². The summed E-state index contributed by atoms with van der Waals surface area (Å²) < 4.78 is 7.86. The quantitative estimate of drug-likeness (QED) is 0.912. The standard InChI is InChI=1S/C20H26N4O2/c1-23-14-17(12-21-23)19(25)22-18-7-10-26-20(11-18)8-9-24(15-20)13-16-5-3-2-4-6-16/h2-6,12,14,18H,7-11,13,15H2,1H3,(H,22,25)/t18-,20-/m1/s1. The molecule has 4 rings (SSSR count). The monoisotopic (exact) mass is 354 g/mol. The Bertz CT molecular complexity index is 760. The van der Waals surface area contributed by atoms with Gasteiger partial charge in [0.05, 0.1) is 17.4 Å². The van der Waals surface area contributed by atoms with Crippen molar-refractivity contribution in [1.29, 1.82) is 0 Å². The molecule has 0 unspecified atom stereocenters. The van der Waals surface area contributed by atoms with Crippen molar-refractivity contribution in [3.05, 3.63) is 53.9 Å². The molecule has 6 nitrogen and oxygen atoms in total. The van der Waals surface area contributed by atoms with Gasteiger partial charge in [-0.15, -0.1) is 0 Å². The van der Waals surface area contributed by atoms with E-state index in [0.29, 0.717) is 12.2 Å². The molecule has 2 aliphatic heterocycles. The largest absolute Gasteiger partial charge is 0.373 e. The molecule has 26 heavy (non-hydrogen) atoms. The molecule has 1 amide bonds. The SMILES string of the molecule is Cn1cc(C(=O)N[C@@H]2CCO[C@]3(CCN(Cc4ccccc4)C3)C2)cn1. The number of benzene rings is 1. The van der Waals surface area contributed by atoms with Crippen molar-refractivity contribution < 1.29 is 9.53 Å². The van der Waals surface area contributed by atoms with Crippen LogP contribution >= 0.6 is 0 Å². The number of amides is 1. The third kappa shape index (κ3) is 3.81. The number of hydrogen-bond acceptors (Lipinski definition) is 4. The van der Waals surface area contributed by atoms with Gasteiger partial charge in [-0.2, -0.15) is 5.10 Å². The van der Waals surface area contributed by atoms with E-state index in [1.807, 2.05) is 7.05 Å². The van der Waals surface area contributed by atoms with Crippen LogP contribution in [0.4, 0.5) is 0 Å². The van der Waals surface area contributed by atoms with Gasteiger partial charge >= 0.3 is 0 Å². The zero-order valence-corrected chi connectivity index (χ0v) is 15.2. The van der Waals surface area contributed by atoms with E-state index in [-0.39, 0.29) is 17.6 Å². The predicted octanol–water partition coefficient (Wildman–Crippen LogP) is 1.97. The average Bonchev–Trinajstić information content (AvgIpc) is 3.23. The number of nitrogens with one attached hydrogen (secondary N) is 1. The second kappa shape index (κ2) is 7.21. The minimum atomic E-state index is -0.125. The van der Waals surface area contributed by atoms with Gasteiger partial charge in [0.15, 0.2) is 0 Å². The molecule has 1 aromatic carbocycles. The minimum Gasteiger partial charge on any atom is -0.373 e. The van der Waals surface area contributed by atoms with Crippen molar-refractivity contribution in [3.8, 4) is 0 Å². The lowest BCUT2D eigenvalue weighted by Gasteiger charge is -2.38. The van der Waals surface area contributed by atoms with Crippen molar-refractivity contribution in [2.45, 2.75) is 37.5 Å². The van der Waals surface area contributed by atoms with Crippen molar-refractivity contribution in [2.24, 2.45) is 7.05 Å². The molecule has 2 fully saturated rings. The van der Waals surface area contributed by atoms with Gasteiger partial charge in [0.2, 0.25) is 0 Å². The number of hydrogen-bond donors (Lipinski definition) is 1. The molecule has 1 spiro atoms. The summed E-state index contributed by atoms with van der Waals surface area (Å²) >= 11 is 0. The lowest BCUT2D eigenvalue weighted by Crippen LogP contribution is -2.49. The summed E-state index contributed by atoms with van der Waals surface area (Å²) in [4.78, 5) is 14.9. The van der Waals surface area contributed by atoms with Crippen LogP contribution in [-0.2, 0) is 18.3 Å². The average molecular weight is 354 g/mol. The molecule has 0 aliphatic carbocycles. The smallest absolute Gasteiger partial charge is 0.254 e. The van der Waals surface area contributed by atoms with E-state index in [1.54, 1.807) is 17.1 Å². The number of nitrogens with zero attached hydrogens (tertiary/aromatic N) is 3. The first-order valence-electron chi connectivity index (χ1n) is 9.32. The number of ether oxygens (including phenoxy) is 1. The van der Waals surface area contributed by atoms with Gasteiger partial charge in [-0.25, -0.2) is 0 Å². The summed E-state index contributed by atoms with van der Waals surface area (Å²) in [5.41, 5.74) is 1.83. The lowest BCUT2D eigenvalue weighted by molar-refractivity contribution is -0.0793. The molecule has 0 saturated carbocycles. The summed E-state index contributed by atoms with van der Waals surface area (Å²) in [5.74, 6) is -0.0423. The highest BCUT2D eigenvalue weighted by Crippen LogP contribution is 2.35. The number of likely N-dealkylation sites (tertiary alicyclic amines) is 1. The molecule has 2 aromatic rings. The third-order valence-corrected chi connectivity index (χ3v) is 5.44. The van der Waals surface area contributed by atoms with Crippen molar-refractivity contribution in [2.75, 3.05) is 19.7 Å². The van der Waals surface area contributed by atoms with Crippen LogP contribution in [0.3, 0.4) is 0 Å². The Balaban J connectivity index is 1.35. The Morgan fingerprint density at radius 1 is 1.38 bits per heavy atom. The molecular weight excluding hydrogens is 328 g/mol. The first-order valence-corrected chi connectivity index (χ1v) is 9.32. The van der Waals surface area contributed by atoms with Gasteiger partial charge in [0.1, 0.15) is 0 Å². The topological polar surface area (TPSA) is 59.4 Å². The fourth-order valence-electron chi connectivity index (χ4n) is 4.15. The molecule has 1 N–H and O–H groups in total. The normalized spacial score (nSPS) is 26.3. The first kappa shape index (κ1) is 17.2. The molecule has 6 heteroatoms. The number of aryl methyl sites for hydroxylation is 1. The van der Waals surface area contributed by atoms with Gasteiger partial charge in [-0.3, -0.25) is 14.4 Å². The zero-order valence-electron chi connectivity index (χ0n) is 15.2. The number of aromatic nitrogens is 2. The fraction of sp³-hybridized carbons (Fsp3) is 0.500. The highest BCUT2D eigenvalue weighted by atomic mass is 16.5. The molecule has 0 radical (unpaired) electrons. The maximum Gasteiger partial charge on any atom is 0.254 e. The second-order valence-corrected chi connectivity index (χ2v) is 7.54. The second-order valence-electron chi connectivity index (χ2n) is 7.54. The van der Waals surface area contributed by atoms with E-state index in [9.17, 15) is 4.79 Å². The van der Waals surface area contributed by atoms with E-state index in [4.69, 9.17) is 4.74 Å². The van der Waals surface area contributed by atoms with Crippen molar-refractivity contribution >= 4 is 5.91 Å². The molecule has 3 heterocycles. The summed E-state index contributed by atoms with van der Waals surface area (Å²) in [7, 11) is 1.82. The number of carbonyl (C=O) groups excluding carboxylic acids is 1. The Kier molecular flexibility index (Phi) is 4.78. The Morgan fingerprint density at radius 2 is 2.23 bits per heavy atom. The number of rotatable bonds is 4. The minimum absolute atomic E-state index is 0.0423. The third-order valence-electron chi connectivity index (χ3n) is 5.44.